The van der Waals surface area contributed by atoms with Gasteiger partial charge in [0.15, 0.2) is 5.69 Å². The molecule has 3 rings (SSSR count). The molecule has 0 aliphatic heterocycles. The summed E-state index contributed by atoms with van der Waals surface area (Å²) in [6.07, 6.45) is 1.77. The van der Waals surface area contributed by atoms with Crippen LogP contribution >= 0.6 is 22.7 Å². The van der Waals surface area contributed by atoms with Crippen molar-refractivity contribution in [3.63, 3.8) is 0 Å². The molecule has 19 heavy (non-hydrogen) atoms. The van der Waals surface area contributed by atoms with Gasteiger partial charge < -0.3 is 0 Å². The Morgan fingerprint density at radius 2 is 2.00 bits per heavy atom. The Balaban J connectivity index is 1.92. The highest BCUT2D eigenvalue weighted by Crippen LogP contribution is 2.25. The average Bonchev–Trinajstić information content (AvgIpc) is 3.07. The summed E-state index contributed by atoms with van der Waals surface area (Å²) in [6.45, 7) is 1.97. The Kier molecular flexibility index (Phi) is 3.07. The number of nitriles is 1. The summed E-state index contributed by atoms with van der Waals surface area (Å²) >= 11 is 3.05. The highest BCUT2D eigenvalue weighted by Gasteiger charge is 2.07. The van der Waals surface area contributed by atoms with Crippen molar-refractivity contribution in [3.8, 4) is 28.0 Å². The number of nitrogens with zero attached hydrogens (tertiary/aromatic N) is 4. The van der Waals surface area contributed by atoms with Crippen molar-refractivity contribution in [2.75, 3.05) is 0 Å². The first-order valence-corrected chi connectivity index (χ1v) is 7.27. The topological polar surface area (TPSA) is 62.5 Å². The average molecular weight is 284 g/mol. The van der Waals surface area contributed by atoms with E-state index in [-0.39, 0.29) is 0 Å². The smallest absolute Gasteiger partial charge is 0.152 e. The molecule has 0 fully saturated rings. The van der Waals surface area contributed by atoms with Gasteiger partial charge in [-0.05, 0) is 19.1 Å². The Labute approximate surface area is 118 Å². The summed E-state index contributed by atoms with van der Waals surface area (Å²) in [5, 5.41) is 14.3. The molecule has 92 valence electrons. The first-order chi connectivity index (χ1) is 9.26. The van der Waals surface area contributed by atoms with Crippen molar-refractivity contribution in [1.82, 2.24) is 15.0 Å². The summed E-state index contributed by atoms with van der Waals surface area (Å²) in [5.41, 5.74) is 3.11. The standard InChI is InChI=1S/C13H8N4S2/c1-8-16-12(7-18-8)11-3-2-9(5-15-11)13-17-10(4-14)6-19-13/h2-3,5-7H,1H3. The second kappa shape index (κ2) is 4.88. The molecule has 4 nitrogen and oxygen atoms in total. The highest BCUT2D eigenvalue weighted by molar-refractivity contribution is 7.13. The summed E-state index contributed by atoms with van der Waals surface area (Å²) in [5.74, 6) is 0. The molecular weight excluding hydrogens is 276 g/mol. The molecule has 0 unspecified atom stereocenters. The molecule has 0 aromatic carbocycles. The molecule has 0 spiro atoms. The van der Waals surface area contributed by atoms with E-state index in [1.54, 1.807) is 22.9 Å². The van der Waals surface area contributed by atoms with Gasteiger partial charge in [-0.15, -0.1) is 22.7 Å². The van der Waals surface area contributed by atoms with Gasteiger partial charge in [0.2, 0.25) is 0 Å². The van der Waals surface area contributed by atoms with Crippen molar-refractivity contribution < 1.29 is 0 Å². The van der Waals surface area contributed by atoms with E-state index in [9.17, 15) is 0 Å². The molecule has 0 bridgehead atoms. The highest BCUT2D eigenvalue weighted by atomic mass is 32.1. The minimum absolute atomic E-state index is 0.444. The zero-order valence-corrected chi connectivity index (χ0v) is 11.6. The van der Waals surface area contributed by atoms with Crippen molar-refractivity contribution in [1.29, 1.82) is 5.26 Å². The Morgan fingerprint density at radius 3 is 2.58 bits per heavy atom. The normalized spacial score (nSPS) is 10.3. The van der Waals surface area contributed by atoms with E-state index in [1.165, 1.54) is 11.3 Å². The lowest BCUT2D eigenvalue weighted by atomic mass is 10.2. The molecule has 0 amide bonds. The minimum atomic E-state index is 0.444. The van der Waals surface area contributed by atoms with Gasteiger partial charge in [-0.3, -0.25) is 4.98 Å². The van der Waals surface area contributed by atoms with Crippen molar-refractivity contribution in [2.45, 2.75) is 6.92 Å². The fourth-order valence-corrected chi connectivity index (χ4v) is 2.95. The van der Waals surface area contributed by atoms with Crippen LogP contribution in [0.2, 0.25) is 0 Å². The van der Waals surface area contributed by atoms with Crippen LogP contribution in [0.4, 0.5) is 0 Å². The Morgan fingerprint density at radius 1 is 1.11 bits per heavy atom. The van der Waals surface area contributed by atoms with Gasteiger partial charge in [0.05, 0.1) is 16.4 Å². The quantitative estimate of drug-likeness (QED) is 0.722. The van der Waals surface area contributed by atoms with Crippen LogP contribution < -0.4 is 0 Å². The molecule has 3 aromatic heterocycles. The van der Waals surface area contributed by atoms with E-state index in [2.05, 4.69) is 15.0 Å². The number of hydrogen-bond donors (Lipinski definition) is 0. The van der Waals surface area contributed by atoms with Gasteiger partial charge in [0, 0.05) is 22.5 Å². The van der Waals surface area contributed by atoms with Crippen LogP contribution in [0.3, 0.4) is 0 Å². The third-order valence-electron chi connectivity index (χ3n) is 2.51. The molecule has 6 heteroatoms. The molecule has 0 aliphatic rings. The molecule has 0 radical (unpaired) electrons. The van der Waals surface area contributed by atoms with Gasteiger partial charge in [0.1, 0.15) is 11.1 Å². The summed E-state index contributed by atoms with van der Waals surface area (Å²) in [4.78, 5) is 13.0. The number of pyridine rings is 1. The van der Waals surface area contributed by atoms with Gasteiger partial charge in [-0.25, -0.2) is 9.97 Å². The number of hydrogen-bond acceptors (Lipinski definition) is 6. The first kappa shape index (κ1) is 12.0. The van der Waals surface area contributed by atoms with E-state index < -0.39 is 0 Å². The van der Waals surface area contributed by atoms with Crippen LogP contribution in [0.5, 0.6) is 0 Å². The second-order valence-electron chi connectivity index (χ2n) is 3.83. The maximum Gasteiger partial charge on any atom is 0.152 e. The zero-order chi connectivity index (χ0) is 13.2. The van der Waals surface area contributed by atoms with E-state index in [4.69, 9.17) is 5.26 Å². The predicted octanol–water partition coefficient (Wildman–Crippen LogP) is 3.51. The first-order valence-electron chi connectivity index (χ1n) is 5.51. The number of aromatic nitrogens is 3. The number of thiazole rings is 2. The van der Waals surface area contributed by atoms with Gasteiger partial charge in [-0.1, -0.05) is 0 Å². The summed E-state index contributed by atoms with van der Waals surface area (Å²) in [6, 6.07) is 5.91. The number of rotatable bonds is 2. The van der Waals surface area contributed by atoms with Crippen LogP contribution in [0.25, 0.3) is 22.0 Å². The molecule has 0 saturated carbocycles. The lowest BCUT2D eigenvalue weighted by molar-refractivity contribution is 1.24. The molecule has 0 saturated heterocycles. The molecular formula is C13H8N4S2. The SMILES string of the molecule is Cc1nc(-c2ccc(-c3nc(C#N)cs3)cn2)cs1. The Bertz CT molecular complexity index is 750. The zero-order valence-electron chi connectivity index (χ0n) is 9.99. The monoisotopic (exact) mass is 284 g/mol. The van der Waals surface area contributed by atoms with Crippen molar-refractivity contribution in [3.05, 3.63) is 39.8 Å². The summed E-state index contributed by atoms with van der Waals surface area (Å²) in [7, 11) is 0. The van der Waals surface area contributed by atoms with Crippen molar-refractivity contribution in [2.24, 2.45) is 0 Å². The third-order valence-corrected chi connectivity index (χ3v) is 4.18. The second-order valence-corrected chi connectivity index (χ2v) is 5.75. The molecule has 0 atom stereocenters. The lowest BCUT2D eigenvalue weighted by Crippen LogP contribution is -1.85. The summed E-state index contributed by atoms with van der Waals surface area (Å²) < 4.78 is 0. The van der Waals surface area contributed by atoms with Gasteiger partial charge in [-0.2, -0.15) is 5.26 Å². The largest absolute Gasteiger partial charge is 0.254 e. The van der Waals surface area contributed by atoms with Crippen LogP contribution in [0.1, 0.15) is 10.7 Å². The van der Waals surface area contributed by atoms with Crippen LogP contribution in [0.15, 0.2) is 29.1 Å². The minimum Gasteiger partial charge on any atom is -0.254 e. The Hall–Kier alpha value is -2.10. The van der Waals surface area contributed by atoms with Crippen LogP contribution in [-0.2, 0) is 0 Å². The van der Waals surface area contributed by atoms with Crippen LogP contribution in [0, 0.1) is 18.3 Å². The maximum absolute atomic E-state index is 8.76. The van der Waals surface area contributed by atoms with E-state index in [0.29, 0.717) is 5.69 Å². The molecule has 3 aromatic rings. The van der Waals surface area contributed by atoms with E-state index in [1.807, 2.05) is 30.5 Å². The molecule has 3 heterocycles. The van der Waals surface area contributed by atoms with Gasteiger partial charge >= 0.3 is 0 Å². The van der Waals surface area contributed by atoms with Gasteiger partial charge in [0.25, 0.3) is 0 Å². The van der Waals surface area contributed by atoms with Crippen LogP contribution in [-0.4, -0.2) is 15.0 Å². The maximum atomic E-state index is 8.76. The number of aryl methyl sites for hydroxylation is 1. The van der Waals surface area contributed by atoms with E-state index >= 15 is 0 Å². The molecule has 0 N–H and O–H groups in total. The predicted molar refractivity (Wildman–Crippen MR) is 75.9 cm³/mol. The lowest BCUT2D eigenvalue weighted by Gasteiger charge is -1.98. The van der Waals surface area contributed by atoms with E-state index in [0.717, 1.165) is 27.0 Å². The fourth-order valence-electron chi connectivity index (χ4n) is 1.61. The third kappa shape index (κ3) is 2.38. The van der Waals surface area contributed by atoms with Crippen molar-refractivity contribution >= 4 is 22.7 Å². The fraction of sp³-hybridized carbons (Fsp3) is 0.0769. The molecule has 0 aliphatic carbocycles.